The van der Waals surface area contributed by atoms with Crippen LogP contribution < -0.4 is 14.8 Å². The topological polar surface area (TPSA) is 73.9 Å². The summed E-state index contributed by atoms with van der Waals surface area (Å²) in [5, 5.41) is 3.62. The highest BCUT2D eigenvalue weighted by Crippen LogP contribution is 2.32. The number of halogens is 2. The van der Waals surface area contributed by atoms with Gasteiger partial charge in [0.2, 0.25) is 6.79 Å². The number of benzene rings is 2. The first-order chi connectivity index (χ1) is 13.4. The minimum Gasteiger partial charge on any atom is -0.454 e. The Morgan fingerprint density at radius 3 is 2.75 bits per heavy atom. The zero-order valence-electron chi connectivity index (χ0n) is 14.9. The molecule has 8 heteroatoms. The van der Waals surface area contributed by atoms with Gasteiger partial charge < -0.3 is 19.5 Å². The smallest absolute Gasteiger partial charge is 0.331 e. The molecule has 146 valence electrons. The lowest BCUT2D eigenvalue weighted by molar-refractivity contribution is -0.150. The lowest BCUT2D eigenvalue weighted by Crippen LogP contribution is -2.35. The van der Waals surface area contributed by atoms with Crippen molar-refractivity contribution in [2.75, 3.05) is 6.79 Å². The summed E-state index contributed by atoms with van der Waals surface area (Å²) >= 11 is 11.9. The van der Waals surface area contributed by atoms with Gasteiger partial charge in [0.1, 0.15) is 0 Å². The van der Waals surface area contributed by atoms with E-state index in [4.69, 9.17) is 37.4 Å². The fourth-order valence-corrected chi connectivity index (χ4v) is 2.92. The van der Waals surface area contributed by atoms with Crippen molar-refractivity contribution in [2.45, 2.75) is 19.6 Å². The molecule has 0 spiro atoms. The number of rotatable bonds is 6. The summed E-state index contributed by atoms with van der Waals surface area (Å²) in [6, 6.07) is 10.3. The number of nitrogens with one attached hydrogen (secondary N) is 1. The third-order valence-corrected chi connectivity index (χ3v) is 4.49. The molecule has 3 rings (SSSR count). The number of hydrogen-bond acceptors (Lipinski definition) is 5. The Balaban J connectivity index is 1.49. The molecule has 0 radical (unpaired) electrons. The van der Waals surface area contributed by atoms with Crippen LogP contribution in [0.15, 0.2) is 42.5 Å². The van der Waals surface area contributed by atoms with Crippen molar-refractivity contribution in [3.8, 4) is 11.5 Å². The number of hydrogen-bond donors (Lipinski definition) is 1. The molecule has 2 aromatic rings. The van der Waals surface area contributed by atoms with Gasteiger partial charge >= 0.3 is 5.97 Å². The van der Waals surface area contributed by atoms with Crippen molar-refractivity contribution in [2.24, 2.45) is 0 Å². The van der Waals surface area contributed by atoms with Gasteiger partial charge in [-0.1, -0.05) is 35.3 Å². The molecule has 0 aliphatic carbocycles. The number of esters is 1. The van der Waals surface area contributed by atoms with E-state index in [1.54, 1.807) is 30.3 Å². The third-order valence-electron chi connectivity index (χ3n) is 3.93. The van der Waals surface area contributed by atoms with Gasteiger partial charge in [0.15, 0.2) is 17.6 Å². The van der Waals surface area contributed by atoms with Crippen LogP contribution in [0.2, 0.25) is 10.0 Å². The van der Waals surface area contributed by atoms with Gasteiger partial charge in [0.05, 0.1) is 0 Å². The zero-order valence-corrected chi connectivity index (χ0v) is 16.4. The van der Waals surface area contributed by atoms with E-state index >= 15 is 0 Å². The Bertz CT molecular complexity index is 929. The Hall–Kier alpha value is -2.70. The summed E-state index contributed by atoms with van der Waals surface area (Å²) in [5.74, 6) is 0.239. The van der Waals surface area contributed by atoms with Gasteiger partial charge in [-0.15, -0.1) is 0 Å². The highest BCUT2D eigenvalue weighted by atomic mass is 35.5. The van der Waals surface area contributed by atoms with E-state index in [9.17, 15) is 9.59 Å². The van der Waals surface area contributed by atoms with Crippen LogP contribution in [0.4, 0.5) is 0 Å². The van der Waals surface area contributed by atoms with Crippen LogP contribution >= 0.6 is 23.2 Å². The van der Waals surface area contributed by atoms with Crippen molar-refractivity contribution in [3.05, 3.63) is 63.6 Å². The predicted molar refractivity (Wildman–Crippen MR) is 105 cm³/mol. The molecule has 1 unspecified atom stereocenters. The largest absolute Gasteiger partial charge is 0.454 e. The summed E-state index contributed by atoms with van der Waals surface area (Å²) in [6.45, 7) is 1.95. The molecule has 1 aliphatic heterocycles. The molecular weight excluding hydrogens is 405 g/mol. The molecule has 28 heavy (non-hydrogen) atoms. The molecule has 6 nitrogen and oxygen atoms in total. The molecule has 0 bridgehead atoms. The van der Waals surface area contributed by atoms with E-state index in [-0.39, 0.29) is 13.3 Å². The average molecular weight is 422 g/mol. The molecule has 0 fully saturated rings. The summed E-state index contributed by atoms with van der Waals surface area (Å²) in [4.78, 5) is 24.1. The molecule has 0 aromatic heterocycles. The quantitative estimate of drug-likeness (QED) is 0.563. The van der Waals surface area contributed by atoms with Gasteiger partial charge in [-0.25, -0.2) is 4.79 Å². The summed E-state index contributed by atoms with van der Waals surface area (Å²) in [5.41, 5.74) is 1.45. The minimum absolute atomic E-state index is 0.187. The van der Waals surface area contributed by atoms with Gasteiger partial charge in [-0.3, -0.25) is 4.79 Å². The van der Waals surface area contributed by atoms with Crippen molar-refractivity contribution in [1.29, 1.82) is 0 Å². The van der Waals surface area contributed by atoms with Gasteiger partial charge in [0.25, 0.3) is 5.91 Å². The monoisotopic (exact) mass is 421 g/mol. The number of fused-ring (bicyclic) bond motifs is 1. The molecule has 1 amide bonds. The maximum Gasteiger partial charge on any atom is 0.331 e. The second kappa shape index (κ2) is 8.99. The molecule has 1 heterocycles. The fourth-order valence-electron chi connectivity index (χ4n) is 2.45. The summed E-state index contributed by atoms with van der Waals surface area (Å²) in [7, 11) is 0. The Kier molecular flexibility index (Phi) is 6.44. The summed E-state index contributed by atoms with van der Waals surface area (Å²) < 4.78 is 15.6. The van der Waals surface area contributed by atoms with Crippen LogP contribution in [-0.2, 0) is 20.9 Å². The highest BCUT2D eigenvalue weighted by molar-refractivity contribution is 6.35. The van der Waals surface area contributed by atoms with Crippen LogP contribution in [-0.4, -0.2) is 24.8 Å². The number of amides is 1. The minimum atomic E-state index is -0.952. The van der Waals surface area contributed by atoms with E-state index in [1.807, 2.05) is 6.07 Å². The summed E-state index contributed by atoms with van der Waals surface area (Å²) in [6.07, 6.45) is 1.75. The van der Waals surface area contributed by atoms with Crippen molar-refractivity contribution in [1.82, 2.24) is 5.32 Å². The Morgan fingerprint density at radius 2 is 1.96 bits per heavy atom. The second-order valence-electron chi connectivity index (χ2n) is 5.98. The lowest BCUT2D eigenvalue weighted by atomic mass is 10.2. The number of carbonyl (C=O) groups excluding carboxylic acids is 2. The first kappa shape index (κ1) is 20.0. The Labute approximate surface area is 172 Å². The van der Waals surface area contributed by atoms with E-state index in [1.165, 1.54) is 19.1 Å². The van der Waals surface area contributed by atoms with Crippen LogP contribution in [0.25, 0.3) is 6.08 Å². The average Bonchev–Trinajstić information content (AvgIpc) is 3.13. The molecule has 0 saturated heterocycles. The maximum atomic E-state index is 12.1. The molecular formula is C20H17Cl2NO5. The standard InChI is InChI=1S/C20H17Cl2NO5/c1-12(28-19(24)7-4-14-3-5-15(21)9-16(14)22)20(25)23-10-13-2-6-17-18(8-13)27-11-26-17/h2-9,12H,10-11H2,1H3,(H,23,25)/b7-4+. The van der Waals surface area contributed by atoms with Crippen LogP contribution in [0, 0.1) is 0 Å². The number of ether oxygens (including phenoxy) is 3. The first-order valence-electron chi connectivity index (χ1n) is 8.42. The normalized spacial score (nSPS) is 13.4. The molecule has 1 aliphatic rings. The molecule has 1 atom stereocenters. The van der Waals surface area contributed by atoms with Crippen molar-refractivity contribution >= 4 is 41.2 Å². The van der Waals surface area contributed by atoms with E-state index in [0.717, 1.165) is 5.56 Å². The molecule has 0 saturated carbocycles. The SMILES string of the molecule is CC(OC(=O)/C=C/c1ccc(Cl)cc1Cl)C(=O)NCc1ccc2c(c1)OCO2. The fraction of sp³-hybridized carbons (Fsp3) is 0.200. The van der Waals surface area contributed by atoms with Gasteiger partial charge in [0, 0.05) is 22.7 Å². The Morgan fingerprint density at radius 1 is 1.18 bits per heavy atom. The van der Waals surface area contributed by atoms with Gasteiger partial charge in [-0.05, 0) is 48.4 Å². The zero-order chi connectivity index (χ0) is 20.1. The maximum absolute atomic E-state index is 12.1. The van der Waals surface area contributed by atoms with Crippen molar-refractivity contribution < 1.29 is 23.8 Å². The number of carbonyl (C=O) groups is 2. The van der Waals surface area contributed by atoms with E-state index < -0.39 is 18.0 Å². The highest BCUT2D eigenvalue weighted by Gasteiger charge is 2.17. The van der Waals surface area contributed by atoms with E-state index in [0.29, 0.717) is 27.1 Å². The third kappa shape index (κ3) is 5.18. The van der Waals surface area contributed by atoms with Crippen LogP contribution in [0.3, 0.4) is 0 Å². The van der Waals surface area contributed by atoms with Gasteiger partial charge in [-0.2, -0.15) is 0 Å². The van der Waals surface area contributed by atoms with Crippen molar-refractivity contribution in [3.63, 3.8) is 0 Å². The van der Waals surface area contributed by atoms with Crippen LogP contribution in [0.1, 0.15) is 18.1 Å². The predicted octanol–water partition coefficient (Wildman–Crippen LogP) is 3.98. The molecule has 2 aromatic carbocycles. The first-order valence-corrected chi connectivity index (χ1v) is 9.18. The second-order valence-corrected chi connectivity index (χ2v) is 6.83. The van der Waals surface area contributed by atoms with Crippen LogP contribution in [0.5, 0.6) is 11.5 Å². The molecule has 1 N–H and O–H groups in total. The van der Waals surface area contributed by atoms with E-state index in [2.05, 4.69) is 5.32 Å². The lowest BCUT2D eigenvalue weighted by Gasteiger charge is -2.12.